The smallest absolute Gasteiger partial charge is 0.247 e. The number of carbonyl (C=O) groups is 3. The zero-order chi connectivity index (χ0) is 33.2. The molecule has 0 aliphatic carbocycles. The molecule has 3 heterocycles. The van der Waals surface area contributed by atoms with Gasteiger partial charge in [-0.25, -0.2) is 0 Å². The Kier molecular flexibility index (Phi) is 9.44. The topological polar surface area (TPSA) is 81.2 Å². The van der Waals surface area contributed by atoms with Crippen molar-refractivity contribution >= 4 is 35.2 Å². The normalized spacial score (nSPS) is 26.5. The van der Waals surface area contributed by atoms with E-state index in [1.165, 1.54) is 0 Å². The lowest BCUT2D eigenvalue weighted by Gasteiger charge is -2.39. The van der Waals surface area contributed by atoms with Crippen LogP contribution in [0.25, 0.3) is 0 Å². The van der Waals surface area contributed by atoms with Crippen LogP contribution in [-0.2, 0) is 27.3 Å². The van der Waals surface area contributed by atoms with Crippen LogP contribution in [-0.4, -0.2) is 73.9 Å². The maximum atomic E-state index is 15.0. The van der Waals surface area contributed by atoms with Crippen LogP contribution < -0.4 is 4.90 Å². The summed E-state index contributed by atoms with van der Waals surface area (Å²) in [6.45, 7) is 10.6. The first-order valence-corrected chi connectivity index (χ1v) is 17.2. The number of aliphatic hydroxyl groups is 1. The SMILES string of the molecule is C=CCN(Cc1ccccc1)C(=O)C1N([C@@H](CO)Cc2ccccc2)C(=O)[C@@H]2[C@H](C(=O)N(CC=C)c3ccccc3)[C@]3(C)CCC12S3. The van der Waals surface area contributed by atoms with Crippen LogP contribution in [0.5, 0.6) is 0 Å². The zero-order valence-corrected chi connectivity index (χ0v) is 27.7. The highest BCUT2D eigenvalue weighted by Crippen LogP contribution is 2.72. The number of rotatable bonds is 13. The van der Waals surface area contributed by atoms with Crippen molar-refractivity contribution < 1.29 is 19.5 Å². The lowest BCUT2D eigenvalue weighted by atomic mass is 9.66. The molecule has 6 atom stereocenters. The van der Waals surface area contributed by atoms with E-state index in [0.29, 0.717) is 38.9 Å². The minimum Gasteiger partial charge on any atom is -0.394 e. The van der Waals surface area contributed by atoms with E-state index in [4.69, 9.17) is 0 Å². The van der Waals surface area contributed by atoms with Gasteiger partial charge in [0.2, 0.25) is 17.7 Å². The highest BCUT2D eigenvalue weighted by atomic mass is 32.2. The summed E-state index contributed by atoms with van der Waals surface area (Å²) in [7, 11) is 0. The van der Waals surface area contributed by atoms with Gasteiger partial charge in [-0.2, -0.15) is 0 Å². The van der Waals surface area contributed by atoms with Crippen LogP contribution >= 0.6 is 11.8 Å². The van der Waals surface area contributed by atoms with Gasteiger partial charge in [-0.15, -0.1) is 24.9 Å². The van der Waals surface area contributed by atoms with E-state index in [1.54, 1.807) is 38.6 Å². The molecule has 3 aliphatic heterocycles. The Labute approximate surface area is 281 Å². The molecule has 244 valence electrons. The minimum absolute atomic E-state index is 0.130. The van der Waals surface area contributed by atoms with Crippen molar-refractivity contribution in [1.82, 2.24) is 9.80 Å². The lowest BCUT2D eigenvalue weighted by molar-refractivity contribution is -0.146. The highest BCUT2D eigenvalue weighted by molar-refractivity contribution is 8.02. The van der Waals surface area contributed by atoms with Crippen molar-refractivity contribution in [2.75, 3.05) is 24.6 Å². The Hall–Kier alpha value is -4.14. The number of carbonyl (C=O) groups excluding carboxylic acids is 3. The standard InChI is InChI=1S/C39H43N3O4S/c1-4-23-40(26-29-17-11-7-12-18-29)37(46)34-39-22-21-38(3,47-39)32(35(44)41(24-5-2)30-19-13-8-14-20-30)33(39)36(45)42(34)31(27-43)25-28-15-9-6-10-16-28/h4-20,31-34,43H,1-2,21-27H2,3H3/t31-,32-,33+,34?,38+,39?/m1/s1. The molecule has 8 heteroatoms. The number of anilines is 1. The quantitative estimate of drug-likeness (QED) is 0.247. The molecule has 1 spiro atoms. The van der Waals surface area contributed by atoms with Crippen molar-refractivity contribution in [3.8, 4) is 0 Å². The van der Waals surface area contributed by atoms with Crippen LogP contribution in [0, 0.1) is 11.8 Å². The second kappa shape index (κ2) is 13.5. The molecule has 3 aromatic rings. The summed E-state index contributed by atoms with van der Waals surface area (Å²) in [5.74, 6) is -1.89. The second-order valence-corrected chi connectivity index (χ2v) is 15.0. The number of thioether (sulfide) groups is 1. The van der Waals surface area contributed by atoms with Crippen molar-refractivity contribution in [2.45, 2.75) is 54.3 Å². The lowest BCUT2D eigenvalue weighted by Crippen LogP contribution is -2.57. The van der Waals surface area contributed by atoms with Crippen LogP contribution in [0.2, 0.25) is 0 Å². The number of benzene rings is 3. The number of hydrogen-bond acceptors (Lipinski definition) is 5. The van der Waals surface area contributed by atoms with E-state index < -0.39 is 33.4 Å². The Morgan fingerprint density at radius 1 is 0.915 bits per heavy atom. The molecule has 6 rings (SSSR count). The van der Waals surface area contributed by atoms with E-state index in [0.717, 1.165) is 16.8 Å². The minimum atomic E-state index is -0.848. The number of fused-ring (bicyclic) bond motifs is 1. The number of aliphatic hydroxyl groups excluding tert-OH is 1. The molecule has 3 amide bonds. The second-order valence-electron chi connectivity index (χ2n) is 13.1. The fourth-order valence-corrected chi connectivity index (χ4v) is 10.5. The fraction of sp³-hybridized carbons (Fsp3) is 0.359. The molecular weight excluding hydrogens is 607 g/mol. The Balaban J connectivity index is 1.45. The molecule has 3 saturated heterocycles. The van der Waals surface area contributed by atoms with Crippen molar-refractivity contribution in [1.29, 1.82) is 0 Å². The predicted octanol–water partition coefficient (Wildman–Crippen LogP) is 5.51. The maximum absolute atomic E-state index is 15.0. The van der Waals surface area contributed by atoms with Gasteiger partial charge in [-0.05, 0) is 49.4 Å². The van der Waals surface area contributed by atoms with Crippen molar-refractivity contribution in [3.05, 3.63) is 127 Å². The molecule has 0 aromatic heterocycles. The highest BCUT2D eigenvalue weighted by Gasteiger charge is 2.78. The van der Waals surface area contributed by atoms with Gasteiger partial charge < -0.3 is 19.8 Å². The van der Waals surface area contributed by atoms with Gasteiger partial charge in [0.1, 0.15) is 6.04 Å². The Morgan fingerprint density at radius 2 is 1.51 bits per heavy atom. The zero-order valence-electron chi connectivity index (χ0n) is 26.9. The largest absolute Gasteiger partial charge is 0.394 e. The summed E-state index contributed by atoms with van der Waals surface area (Å²) < 4.78 is -1.35. The summed E-state index contributed by atoms with van der Waals surface area (Å²) in [6, 6.07) is 27.5. The number of likely N-dealkylation sites (tertiary alicyclic amines) is 1. The predicted molar refractivity (Wildman–Crippen MR) is 188 cm³/mol. The molecule has 3 aromatic carbocycles. The van der Waals surface area contributed by atoms with E-state index in [-0.39, 0.29) is 24.3 Å². The van der Waals surface area contributed by atoms with Crippen LogP contribution in [0.15, 0.2) is 116 Å². The summed E-state index contributed by atoms with van der Waals surface area (Å²) in [5, 5.41) is 10.9. The average molecular weight is 650 g/mol. The first kappa shape index (κ1) is 32.8. The van der Waals surface area contributed by atoms with Crippen LogP contribution in [0.3, 0.4) is 0 Å². The van der Waals surface area contributed by atoms with Gasteiger partial charge in [0.15, 0.2) is 0 Å². The monoisotopic (exact) mass is 649 g/mol. The fourth-order valence-electron chi connectivity index (χ4n) is 8.14. The third kappa shape index (κ3) is 5.82. The number of nitrogens with zero attached hydrogens (tertiary/aromatic N) is 3. The van der Waals surface area contributed by atoms with Crippen LogP contribution in [0.1, 0.15) is 30.9 Å². The molecular formula is C39H43N3O4S. The number of hydrogen-bond donors (Lipinski definition) is 1. The van der Waals surface area contributed by atoms with E-state index in [9.17, 15) is 9.90 Å². The van der Waals surface area contributed by atoms with E-state index in [2.05, 4.69) is 20.1 Å². The molecule has 0 radical (unpaired) electrons. The van der Waals surface area contributed by atoms with Gasteiger partial charge in [0.05, 0.1) is 29.2 Å². The van der Waals surface area contributed by atoms with Gasteiger partial charge in [0, 0.05) is 30.1 Å². The van der Waals surface area contributed by atoms with Gasteiger partial charge in [0.25, 0.3) is 0 Å². The molecule has 2 bridgehead atoms. The summed E-state index contributed by atoms with van der Waals surface area (Å²) in [6.07, 6.45) is 5.14. The number of para-hydroxylation sites is 1. The van der Waals surface area contributed by atoms with E-state index >= 15 is 9.59 Å². The van der Waals surface area contributed by atoms with Crippen molar-refractivity contribution in [2.24, 2.45) is 11.8 Å². The van der Waals surface area contributed by atoms with E-state index in [1.807, 2.05) is 91.0 Å². The maximum Gasteiger partial charge on any atom is 0.247 e. The molecule has 0 saturated carbocycles. The number of amides is 3. The first-order valence-electron chi connectivity index (χ1n) is 16.4. The molecule has 2 unspecified atom stereocenters. The van der Waals surface area contributed by atoms with Gasteiger partial charge in [-0.3, -0.25) is 14.4 Å². The van der Waals surface area contributed by atoms with Crippen molar-refractivity contribution in [3.63, 3.8) is 0 Å². The summed E-state index contributed by atoms with van der Waals surface area (Å²) in [5.41, 5.74) is 2.68. The van der Waals surface area contributed by atoms with Gasteiger partial charge in [-0.1, -0.05) is 91.0 Å². The summed E-state index contributed by atoms with van der Waals surface area (Å²) in [4.78, 5) is 49.9. The Bertz CT molecular complexity index is 1620. The Morgan fingerprint density at radius 3 is 2.11 bits per heavy atom. The first-order chi connectivity index (χ1) is 22.8. The molecule has 7 nitrogen and oxygen atoms in total. The van der Waals surface area contributed by atoms with Gasteiger partial charge >= 0.3 is 0 Å². The average Bonchev–Trinajstić information content (AvgIpc) is 3.67. The molecule has 47 heavy (non-hydrogen) atoms. The third-order valence-corrected chi connectivity index (χ3v) is 12.1. The molecule has 3 fully saturated rings. The van der Waals surface area contributed by atoms with Crippen LogP contribution in [0.4, 0.5) is 5.69 Å². The molecule has 1 N–H and O–H groups in total. The third-order valence-electron chi connectivity index (χ3n) is 10.2. The summed E-state index contributed by atoms with van der Waals surface area (Å²) >= 11 is 1.65. The molecule has 3 aliphatic rings.